The summed E-state index contributed by atoms with van der Waals surface area (Å²) in [7, 11) is 0. The van der Waals surface area contributed by atoms with Crippen LogP contribution in [0.1, 0.15) is 124 Å². The Morgan fingerprint density at radius 1 is 0.717 bits per heavy atom. The molecule has 1 aliphatic carbocycles. The fraction of sp³-hybridized carbons (Fsp3) is 0.521. The number of ether oxygens (including phenoxy) is 1. The Balaban J connectivity index is 1.45. The molecule has 0 aliphatic heterocycles. The van der Waals surface area contributed by atoms with Crippen LogP contribution >= 0.6 is 0 Å². The minimum absolute atomic E-state index is 0.0332. The van der Waals surface area contributed by atoms with Crippen molar-refractivity contribution in [3.8, 4) is 0 Å². The van der Waals surface area contributed by atoms with Gasteiger partial charge in [-0.15, -0.1) is 0 Å². The van der Waals surface area contributed by atoms with Gasteiger partial charge in [-0.3, -0.25) is 4.79 Å². The van der Waals surface area contributed by atoms with E-state index in [-0.39, 0.29) is 40.8 Å². The Kier molecular flexibility index (Phi) is 13.2. The number of carbonyl (C=O) groups is 1. The second-order valence-corrected chi connectivity index (χ2v) is 17.5. The highest BCUT2D eigenvalue weighted by Crippen LogP contribution is 2.41. The van der Waals surface area contributed by atoms with Crippen molar-refractivity contribution in [2.75, 3.05) is 41.3 Å². The van der Waals surface area contributed by atoms with Gasteiger partial charge in [0.1, 0.15) is 6.10 Å². The molecular weight excluding hydrogens is 651 g/mol. The number of carbonyl (C=O) groups excluding carboxylic acids is 1. The van der Waals surface area contributed by atoms with Crippen molar-refractivity contribution in [1.29, 1.82) is 0 Å². The Morgan fingerprint density at radius 2 is 1.25 bits per heavy atom. The fourth-order valence-electron chi connectivity index (χ4n) is 8.39. The molecule has 1 N–H and O–H groups in total. The second-order valence-electron chi connectivity index (χ2n) is 17.5. The zero-order chi connectivity index (χ0) is 38.3. The molecule has 1 fully saturated rings. The lowest BCUT2D eigenvalue weighted by Crippen LogP contribution is -2.38. The second kappa shape index (κ2) is 17.4. The number of hydrogen-bond donors (Lipinski definition) is 1. The van der Waals surface area contributed by atoms with Crippen molar-refractivity contribution in [3.05, 3.63) is 102 Å². The molecule has 286 valence electrons. The van der Waals surface area contributed by atoms with Gasteiger partial charge in [0.15, 0.2) is 0 Å². The van der Waals surface area contributed by atoms with E-state index in [0.717, 1.165) is 64.0 Å². The molecule has 0 bridgehead atoms. The molecule has 1 aliphatic rings. The topological polar surface area (TPSA) is 44.8 Å². The number of hydrogen-bond acceptors (Lipinski definition) is 5. The van der Waals surface area contributed by atoms with Crippen LogP contribution in [0.4, 0.5) is 17.1 Å². The van der Waals surface area contributed by atoms with Gasteiger partial charge in [0, 0.05) is 67.0 Å². The van der Waals surface area contributed by atoms with Gasteiger partial charge in [0.2, 0.25) is 0 Å². The maximum absolute atomic E-state index is 13.6. The standard InChI is InChI=1S/C48H67N3O2/c1-11-50(12-2)37-26-22-34(23-27-37)45(35-24-28-38(29-25-35)51(13-3)14-4)42-30-31-44(41-21-16-15-20-40(41)42)49-36-18-17-19-39(32-36)53-46(52)43(48(8,9)10)33-47(5,6)7/h15-16,20-31,36,39,43,45,49H,11-14,17-19,32-33H2,1-10H3. The lowest BCUT2D eigenvalue weighted by molar-refractivity contribution is -0.161. The van der Waals surface area contributed by atoms with Gasteiger partial charge in [-0.2, -0.15) is 0 Å². The molecule has 0 amide bonds. The van der Waals surface area contributed by atoms with Crippen LogP contribution in [-0.4, -0.2) is 44.3 Å². The molecule has 4 aromatic rings. The SMILES string of the molecule is CCN(CC)c1ccc(C(c2ccc(N(CC)CC)cc2)c2ccc(NC3CCCC(OC(=O)C(CC(C)(C)C)C(C)(C)C)C3)c3ccccc23)cc1. The van der Waals surface area contributed by atoms with E-state index in [9.17, 15) is 4.79 Å². The van der Waals surface area contributed by atoms with Gasteiger partial charge < -0.3 is 19.9 Å². The highest BCUT2D eigenvalue weighted by molar-refractivity contribution is 5.97. The average molecular weight is 718 g/mol. The third-order valence-electron chi connectivity index (χ3n) is 11.4. The van der Waals surface area contributed by atoms with E-state index < -0.39 is 0 Å². The molecule has 4 aromatic carbocycles. The van der Waals surface area contributed by atoms with Crippen LogP contribution in [0.3, 0.4) is 0 Å². The van der Waals surface area contributed by atoms with Crippen molar-refractivity contribution < 1.29 is 9.53 Å². The third-order valence-corrected chi connectivity index (χ3v) is 11.4. The van der Waals surface area contributed by atoms with Crippen molar-refractivity contribution in [3.63, 3.8) is 0 Å². The van der Waals surface area contributed by atoms with E-state index in [0.29, 0.717) is 0 Å². The molecule has 0 heterocycles. The summed E-state index contributed by atoms with van der Waals surface area (Å²) in [6.45, 7) is 26.0. The zero-order valence-corrected chi connectivity index (χ0v) is 34.5. The summed E-state index contributed by atoms with van der Waals surface area (Å²) < 4.78 is 6.32. The smallest absolute Gasteiger partial charge is 0.309 e. The molecule has 5 nitrogen and oxygen atoms in total. The van der Waals surface area contributed by atoms with Crippen LogP contribution in [0.15, 0.2) is 84.9 Å². The van der Waals surface area contributed by atoms with Gasteiger partial charge in [-0.25, -0.2) is 0 Å². The molecule has 53 heavy (non-hydrogen) atoms. The largest absolute Gasteiger partial charge is 0.462 e. The first-order valence-electron chi connectivity index (χ1n) is 20.4. The fourth-order valence-corrected chi connectivity index (χ4v) is 8.39. The predicted molar refractivity (Wildman–Crippen MR) is 228 cm³/mol. The van der Waals surface area contributed by atoms with Crippen LogP contribution in [0.5, 0.6) is 0 Å². The van der Waals surface area contributed by atoms with E-state index >= 15 is 0 Å². The maximum atomic E-state index is 13.6. The van der Waals surface area contributed by atoms with E-state index in [1.54, 1.807) is 0 Å². The quantitative estimate of drug-likeness (QED) is 0.104. The van der Waals surface area contributed by atoms with E-state index in [1.807, 2.05) is 0 Å². The molecule has 0 spiro atoms. The van der Waals surface area contributed by atoms with E-state index in [2.05, 4.69) is 169 Å². The monoisotopic (exact) mass is 718 g/mol. The Bertz CT molecular complexity index is 1700. The molecule has 0 aromatic heterocycles. The summed E-state index contributed by atoms with van der Waals surface area (Å²) in [5.41, 5.74) is 7.48. The van der Waals surface area contributed by atoms with Gasteiger partial charge in [0.05, 0.1) is 5.92 Å². The third kappa shape index (κ3) is 9.96. The number of anilines is 3. The van der Waals surface area contributed by atoms with Crippen molar-refractivity contribution >= 4 is 33.8 Å². The summed E-state index contributed by atoms with van der Waals surface area (Å²) in [6, 6.07) is 32.2. The van der Waals surface area contributed by atoms with Crippen molar-refractivity contribution in [2.45, 2.75) is 119 Å². The van der Waals surface area contributed by atoms with Crippen LogP contribution in [-0.2, 0) is 9.53 Å². The molecule has 3 unspecified atom stereocenters. The minimum atomic E-state index is -0.143. The lowest BCUT2D eigenvalue weighted by atomic mass is 9.72. The first-order valence-corrected chi connectivity index (χ1v) is 20.4. The van der Waals surface area contributed by atoms with Gasteiger partial charge in [0.25, 0.3) is 0 Å². The average Bonchev–Trinajstić information content (AvgIpc) is 3.13. The molecular formula is C48H67N3O2. The maximum Gasteiger partial charge on any atom is 0.309 e. The van der Waals surface area contributed by atoms with Crippen molar-refractivity contribution in [1.82, 2.24) is 0 Å². The highest BCUT2D eigenvalue weighted by Gasteiger charge is 2.37. The van der Waals surface area contributed by atoms with Gasteiger partial charge in [-0.1, -0.05) is 96.1 Å². The summed E-state index contributed by atoms with van der Waals surface area (Å²) in [5.74, 6) is -0.0795. The summed E-state index contributed by atoms with van der Waals surface area (Å²) in [5, 5.41) is 6.42. The molecule has 0 saturated heterocycles. The van der Waals surface area contributed by atoms with Crippen molar-refractivity contribution in [2.24, 2.45) is 16.7 Å². The molecule has 0 radical (unpaired) electrons. The highest BCUT2D eigenvalue weighted by atomic mass is 16.5. The summed E-state index contributed by atoms with van der Waals surface area (Å²) in [4.78, 5) is 18.4. The van der Waals surface area contributed by atoms with Gasteiger partial charge in [-0.05, 0) is 117 Å². The number of nitrogens with zero attached hydrogens (tertiary/aromatic N) is 2. The molecule has 5 rings (SSSR count). The Morgan fingerprint density at radius 3 is 1.74 bits per heavy atom. The molecule has 5 heteroatoms. The molecule has 1 saturated carbocycles. The summed E-state index contributed by atoms with van der Waals surface area (Å²) in [6.07, 6.45) is 4.62. The van der Waals surface area contributed by atoms with E-state index in [1.165, 1.54) is 38.8 Å². The number of esters is 1. The van der Waals surface area contributed by atoms with E-state index in [4.69, 9.17) is 4.74 Å². The molecule has 3 atom stereocenters. The summed E-state index contributed by atoms with van der Waals surface area (Å²) >= 11 is 0. The predicted octanol–water partition coefficient (Wildman–Crippen LogP) is 12.1. The lowest BCUT2D eigenvalue weighted by Gasteiger charge is -2.36. The van der Waals surface area contributed by atoms with Crippen LogP contribution in [0.2, 0.25) is 0 Å². The van der Waals surface area contributed by atoms with Gasteiger partial charge >= 0.3 is 5.97 Å². The van der Waals surface area contributed by atoms with Crippen LogP contribution < -0.4 is 15.1 Å². The minimum Gasteiger partial charge on any atom is -0.462 e. The Labute approximate surface area is 321 Å². The first kappa shape index (κ1) is 40.2. The number of rotatable bonds is 14. The zero-order valence-electron chi connectivity index (χ0n) is 34.5. The normalized spacial score (nSPS) is 17.1. The Hall–Kier alpha value is -3.99. The number of benzene rings is 4. The number of fused-ring (bicyclic) bond motifs is 1. The number of nitrogens with one attached hydrogen (secondary N) is 1. The van der Waals surface area contributed by atoms with Crippen LogP contribution in [0, 0.1) is 16.7 Å². The first-order chi connectivity index (χ1) is 25.3. The van der Waals surface area contributed by atoms with Crippen LogP contribution in [0.25, 0.3) is 10.8 Å².